The fraction of sp³-hybridized carbons (Fsp3) is 0.571. The van der Waals surface area contributed by atoms with E-state index in [1.54, 1.807) is 27.7 Å². The number of nitrogens with one attached hydrogen (secondary N) is 1. The molecule has 1 heterocycles. The third-order valence-corrected chi connectivity index (χ3v) is 8.48. The second kappa shape index (κ2) is 17.8. The van der Waals surface area contributed by atoms with Gasteiger partial charge in [-0.1, -0.05) is 61.3 Å². The van der Waals surface area contributed by atoms with Gasteiger partial charge in [0.1, 0.15) is 30.5 Å². The molecule has 1 aliphatic rings. The standard InChI is InChI=1S/C35H47Cl2NO11/c1-18(2)11-22(13-26(40)49-35(4,5)6)32(43)38-15-20-9-8-10-21(12-20)17-46-30-24(36)14-23(19(3)27(30)37)33(44)48-31-29(42)28(41)25(16-39)47-34(31)45-7/h8-10,12,14,18,22,25,28-29,31,34,39,41-42H,11,13,15-17H2,1-7H3,(H,38,43)/t22-,25-,28-,29+,31-,34+/m1/s1. The normalized spacial score (nSPS) is 21.6. The van der Waals surface area contributed by atoms with Gasteiger partial charge >= 0.3 is 11.9 Å². The van der Waals surface area contributed by atoms with E-state index in [9.17, 15) is 29.7 Å². The lowest BCUT2D eigenvalue weighted by atomic mass is 9.93. The smallest absolute Gasteiger partial charge is 0.339 e. The van der Waals surface area contributed by atoms with Crippen LogP contribution in [-0.2, 0) is 41.7 Å². The Balaban J connectivity index is 1.66. The maximum absolute atomic E-state index is 13.2. The highest BCUT2D eigenvalue weighted by molar-refractivity contribution is 6.38. The Morgan fingerprint density at radius 2 is 1.73 bits per heavy atom. The van der Waals surface area contributed by atoms with Crippen LogP contribution in [0, 0.1) is 18.8 Å². The lowest BCUT2D eigenvalue weighted by molar-refractivity contribution is -0.293. The Morgan fingerprint density at radius 3 is 2.35 bits per heavy atom. The van der Waals surface area contributed by atoms with Crippen LogP contribution in [0.3, 0.4) is 0 Å². The highest BCUT2D eigenvalue weighted by Gasteiger charge is 2.47. The summed E-state index contributed by atoms with van der Waals surface area (Å²) in [6.45, 7) is 10.6. The number of halogens is 2. The van der Waals surface area contributed by atoms with E-state index in [-0.39, 0.29) is 52.8 Å². The number of amides is 1. The lowest BCUT2D eigenvalue weighted by Crippen LogP contribution is -2.60. The SMILES string of the molecule is CO[C@H]1O[C@H](CO)[C@@H](O)[C@H](O)[C@H]1OC(=O)c1cc(Cl)c(OCc2cccc(CNC(=O)[C@@H](CC(=O)OC(C)(C)C)CC(C)C)c2)c(Cl)c1C. The Hall–Kier alpha value is -2.97. The van der Waals surface area contributed by atoms with Gasteiger partial charge in [-0.3, -0.25) is 9.59 Å². The van der Waals surface area contributed by atoms with Gasteiger partial charge < -0.3 is 44.3 Å². The largest absolute Gasteiger partial charge is 0.486 e. The molecule has 0 spiro atoms. The summed E-state index contributed by atoms with van der Waals surface area (Å²) in [7, 11) is 1.26. The summed E-state index contributed by atoms with van der Waals surface area (Å²) >= 11 is 13.1. The molecule has 1 saturated heterocycles. The first kappa shape index (κ1) is 40.5. The molecule has 0 unspecified atom stereocenters. The lowest BCUT2D eigenvalue weighted by Gasteiger charge is -2.40. The molecule has 0 aromatic heterocycles. The van der Waals surface area contributed by atoms with E-state index in [1.165, 1.54) is 13.2 Å². The number of aliphatic hydroxyl groups excluding tert-OH is 3. The number of benzene rings is 2. The molecule has 272 valence electrons. The van der Waals surface area contributed by atoms with Gasteiger partial charge in [0.15, 0.2) is 18.1 Å². The van der Waals surface area contributed by atoms with Gasteiger partial charge in [0.05, 0.1) is 28.6 Å². The molecule has 6 atom stereocenters. The highest BCUT2D eigenvalue weighted by Crippen LogP contribution is 2.39. The third kappa shape index (κ3) is 11.3. The Morgan fingerprint density at radius 1 is 1.06 bits per heavy atom. The zero-order chi connectivity index (χ0) is 36.6. The minimum Gasteiger partial charge on any atom is -0.486 e. The number of hydrogen-bond donors (Lipinski definition) is 4. The molecule has 3 rings (SSSR count). The number of hydrogen-bond acceptors (Lipinski definition) is 11. The number of rotatable bonds is 14. The summed E-state index contributed by atoms with van der Waals surface area (Å²) in [5.74, 6) is -1.75. The Kier molecular flexibility index (Phi) is 14.7. The number of aliphatic hydroxyl groups is 3. The molecule has 1 aliphatic heterocycles. The molecule has 1 amide bonds. The molecule has 0 saturated carbocycles. The van der Waals surface area contributed by atoms with Crippen LogP contribution >= 0.6 is 23.2 Å². The summed E-state index contributed by atoms with van der Waals surface area (Å²) in [6, 6.07) is 8.67. The average Bonchev–Trinajstić information content (AvgIpc) is 3.02. The fourth-order valence-corrected chi connectivity index (χ4v) is 5.92. The van der Waals surface area contributed by atoms with Gasteiger partial charge in [-0.25, -0.2) is 4.79 Å². The number of carbonyl (C=O) groups excluding carboxylic acids is 3. The number of esters is 2. The van der Waals surface area contributed by atoms with Crippen molar-refractivity contribution in [2.24, 2.45) is 11.8 Å². The molecular weight excluding hydrogens is 681 g/mol. The van der Waals surface area contributed by atoms with Crippen LogP contribution in [0.5, 0.6) is 5.75 Å². The van der Waals surface area contributed by atoms with E-state index in [2.05, 4.69) is 5.32 Å². The van der Waals surface area contributed by atoms with Gasteiger partial charge in [-0.15, -0.1) is 0 Å². The molecule has 0 aliphatic carbocycles. The first-order valence-electron chi connectivity index (χ1n) is 16.0. The molecule has 49 heavy (non-hydrogen) atoms. The molecule has 1 fully saturated rings. The molecule has 14 heteroatoms. The summed E-state index contributed by atoms with van der Waals surface area (Å²) in [5.41, 5.74) is 1.20. The van der Waals surface area contributed by atoms with Gasteiger partial charge in [0, 0.05) is 19.6 Å². The first-order valence-corrected chi connectivity index (χ1v) is 16.8. The molecule has 2 aromatic rings. The van der Waals surface area contributed by atoms with E-state index in [0.29, 0.717) is 12.0 Å². The minimum absolute atomic E-state index is 0.00852. The van der Waals surface area contributed by atoms with E-state index < -0.39 is 60.8 Å². The molecular formula is C35H47Cl2NO11. The van der Waals surface area contributed by atoms with Gasteiger partial charge in [-0.05, 0) is 62.8 Å². The molecule has 12 nitrogen and oxygen atoms in total. The van der Waals surface area contributed by atoms with Crippen LogP contribution in [0.2, 0.25) is 10.0 Å². The first-order chi connectivity index (χ1) is 22.9. The van der Waals surface area contributed by atoms with Crippen molar-refractivity contribution < 1.29 is 53.4 Å². The van der Waals surface area contributed by atoms with Gasteiger partial charge in [-0.2, -0.15) is 0 Å². The minimum atomic E-state index is -1.60. The summed E-state index contributed by atoms with van der Waals surface area (Å²) < 4.78 is 27.4. The average molecular weight is 729 g/mol. The summed E-state index contributed by atoms with van der Waals surface area (Å²) in [6.07, 6.45) is -6.40. The maximum atomic E-state index is 13.2. The van der Waals surface area contributed by atoms with Crippen LogP contribution < -0.4 is 10.1 Å². The van der Waals surface area contributed by atoms with Crippen LogP contribution in [0.1, 0.15) is 74.5 Å². The van der Waals surface area contributed by atoms with Crippen molar-refractivity contribution >= 4 is 41.0 Å². The van der Waals surface area contributed by atoms with Crippen molar-refractivity contribution in [3.05, 3.63) is 62.6 Å². The number of methoxy groups -OCH3 is 1. The topological polar surface area (TPSA) is 170 Å². The van der Waals surface area contributed by atoms with Crippen LogP contribution in [-0.4, -0.2) is 83.2 Å². The Labute approximate surface area is 296 Å². The van der Waals surface area contributed by atoms with Gasteiger partial charge in [0.2, 0.25) is 5.91 Å². The predicted octanol–water partition coefficient (Wildman–Crippen LogP) is 4.50. The second-order valence-corrected chi connectivity index (χ2v) is 14.2. The van der Waals surface area contributed by atoms with Crippen molar-refractivity contribution in [3.63, 3.8) is 0 Å². The summed E-state index contributed by atoms with van der Waals surface area (Å²) in [5, 5.41) is 33.2. The van der Waals surface area contributed by atoms with Crippen LogP contribution in [0.4, 0.5) is 0 Å². The van der Waals surface area contributed by atoms with Crippen molar-refractivity contribution in [1.82, 2.24) is 5.32 Å². The zero-order valence-electron chi connectivity index (χ0n) is 28.8. The van der Waals surface area contributed by atoms with Crippen LogP contribution in [0.15, 0.2) is 30.3 Å². The Bertz CT molecular complexity index is 1460. The van der Waals surface area contributed by atoms with E-state index in [4.69, 9.17) is 46.9 Å². The zero-order valence-corrected chi connectivity index (χ0v) is 30.3. The van der Waals surface area contributed by atoms with E-state index in [1.807, 2.05) is 38.1 Å². The number of ether oxygens (including phenoxy) is 5. The van der Waals surface area contributed by atoms with Crippen molar-refractivity contribution in [1.29, 1.82) is 0 Å². The highest BCUT2D eigenvalue weighted by atomic mass is 35.5. The van der Waals surface area contributed by atoms with Gasteiger partial charge in [0.25, 0.3) is 0 Å². The summed E-state index contributed by atoms with van der Waals surface area (Å²) in [4.78, 5) is 38.7. The van der Waals surface area contributed by atoms with Crippen molar-refractivity contribution in [3.8, 4) is 5.75 Å². The maximum Gasteiger partial charge on any atom is 0.339 e. The molecule has 0 bridgehead atoms. The number of carbonyl (C=O) groups is 3. The molecule has 2 aromatic carbocycles. The van der Waals surface area contributed by atoms with Crippen LogP contribution in [0.25, 0.3) is 0 Å². The second-order valence-electron chi connectivity index (χ2n) is 13.4. The molecule has 0 radical (unpaired) electrons. The van der Waals surface area contributed by atoms with E-state index >= 15 is 0 Å². The quantitative estimate of drug-likeness (QED) is 0.202. The van der Waals surface area contributed by atoms with Crippen molar-refractivity contribution in [2.75, 3.05) is 13.7 Å². The molecule has 4 N–H and O–H groups in total. The predicted molar refractivity (Wildman–Crippen MR) is 181 cm³/mol. The monoisotopic (exact) mass is 727 g/mol. The third-order valence-electron chi connectivity index (χ3n) is 7.74. The fourth-order valence-electron chi connectivity index (χ4n) is 5.35. The van der Waals surface area contributed by atoms with Crippen molar-refractivity contribution in [2.45, 2.75) is 104 Å². The van der Waals surface area contributed by atoms with E-state index in [0.717, 1.165) is 11.1 Å².